The van der Waals surface area contributed by atoms with Gasteiger partial charge in [-0.25, -0.2) is 0 Å². The van der Waals surface area contributed by atoms with Crippen molar-refractivity contribution >= 4 is 23.4 Å². The predicted octanol–water partition coefficient (Wildman–Crippen LogP) is 0.867. The van der Waals surface area contributed by atoms with Crippen LogP contribution in [0, 0.1) is 5.92 Å². The standard InChI is InChI=1S/C19H20N4O3/c24-17(21-11-14-5-4-8-20-10-14)12-22-19(26)15-9-18(25)23(13-15)16-6-2-1-3-7-16/h1-8,10,15H,9,11-13H2,(H,21,24)(H,22,26)/t15-/m0/s1. The Morgan fingerprint density at radius 3 is 2.65 bits per heavy atom. The summed E-state index contributed by atoms with van der Waals surface area (Å²) >= 11 is 0. The lowest BCUT2D eigenvalue weighted by Crippen LogP contribution is -2.40. The van der Waals surface area contributed by atoms with Crippen LogP contribution in [0.3, 0.4) is 0 Å². The molecule has 1 fully saturated rings. The number of carbonyl (C=O) groups excluding carboxylic acids is 3. The van der Waals surface area contributed by atoms with E-state index in [0.29, 0.717) is 13.1 Å². The smallest absolute Gasteiger partial charge is 0.239 e. The third-order valence-corrected chi connectivity index (χ3v) is 4.20. The number of hydrogen-bond donors (Lipinski definition) is 2. The molecule has 3 amide bonds. The van der Waals surface area contributed by atoms with Gasteiger partial charge in [0, 0.05) is 37.6 Å². The van der Waals surface area contributed by atoms with Crippen molar-refractivity contribution in [3.8, 4) is 0 Å². The van der Waals surface area contributed by atoms with Crippen molar-refractivity contribution in [2.24, 2.45) is 5.92 Å². The molecule has 0 aliphatic carbocycles. The molecule has 2 N–H and O–H groups in total. The lowest BCUT2D eigenvalue weighted by molar-refractivity contribution is -0.129. The van der Waals surface area contributed by atoms with Crippen LogP contribution in [0.5, 0.6) is 0 Å². The molecule has 3 rings (SSSR count). The van der Waals surface area contributed by atoms with Gasteiger partial charge in [-0.1, -0.05) is 24.3 Å². The summed E-state index contributed by atoms with van der Waals surface area (Å²) in [5.41, 5.74) is 1.66. The number of pyridine rings is 1. The number of anilines is 1. The Balaban J connectivity index is 1.45. The highest BCUT2D eigenvalue weighted by Crippen LogP contribution is 2.24. The second kappa shape index (κ2) is 8.24. The van der Waals surface area contributed by atoms with Gasteiger partial charge in [0.05, 0.1) is 12.5 Å². The lowest BCUT2D eigenvalue weighted by atomic mass is 10.1. The lowest BCUT2D eigenvalue weighted by Gasteiger charge is -2.16. The maximum atomic E-state index is 12.3. The molecule has 0 radical (unpaired) electrons. The van der Waals surface area contributed by atoms with E-state index in [1.165, 1.54) is 0 Å². The molecule has 2 aromatic rings. The largest absolute Gasteiger partial charge is 0.350 e. The fourth-order valence-electron chi connectivity index (χ4n) is 2.82. The number of amides is 3. The number of aromatic nitrogens is 1. The molecule has 1 atom stereocenters. The minimum absolute atomic E-state index is 0.0858. The highest BCUT2D eigenvalue weighted by atomic mass is 16.2. The molecule has 0 spiro atoms. The second-order valence-electron chi connectivity index (χ2n) is 6.10. The van der Waals surface area contributed by atoms with Crippen molar-refractivity contribution in [2.75, 3.05) is 18.0 Å². The molecular weight excluding hydrogens is 332 g/mol. The number of nitrogens with one attached hydrogen (secondary N) is 2. The number of benzene rings is 1. The first-order valence-corrected chi connectivity index (χ1v) is 8.42. The molecule has 7 nitrogen and oxygen atoms in total. The van der Waals surface area contributed by atoms with Gasteiger partial charge in [-0.05, 0) is 23.8 Å². The second-order valence-corrected chi connectivity index (χ2v) is 6.10. The van der Waals surface area contributed by atoms with Crippen LogP contribution in [0.25, 0.3) is 0 Å². The van der Waals surface area contributed by atoms with Crippen molar-refractivity contribution in [3.05, 3.63) is 60.4 Å². The van der Waals surface area contributed by atoms with Crippen molar-refractivity contribution < 1.29 is 14.4 Å². The van der Waals surface area contributed by atoms with Crippen molar-refractivity contribution in [3.63, 3.8) is 0 Å². The Hall–Kier alpha value is -3.22. The third kappa shape index (κ3) is 4.44. The van der Waals surface area contributed by atoms with E-state index in [9.17, 15) is 14.4 Å². The van der Waals surface area contributed by atoms with Crippen LogP contribution in [0.4, 0.5) is 5.69 Å². The van der Waals surface area contributed by atoms with Gasteiger partial charge in [0.25, 0.3) is 0 Å². The quantitative estimate of drug-likeness (QED) is 0.807. The first-order chi connectivity index (χ1) is 12.6. The van der Waals surface area contributed by atoms with Crippen LogP contribution < -0.4 is 15.5 Å². The van der Waals surface area contributed by atoms with Gasteiger partial charge in [-0.2, -0.15) is 0 Å². The Labute approximate surface area is 151 Å². The van der Waals surface area contributed by atoms with E-state index in [0.717, 1.165) is 11.3 Å². The molecule has 1 aliphatic heterocycles. The minimum atomic E-state index is -0.450. The number of hydrogen-bond acceptors (Lipinski definition) is 4. The van der Waals surface area contributed by atoms with E-state index in [-0.39, 0.29) is 30.7 Å². The van der Waals surface area contributed by atoms with Crippen LogP contribution in [0.15, 0.2) is 54.9 Å². The van der Waals surface area contributed by atoms with E-state index >= 15 is 0 Å². The predicted molar refractivity (Wildman–Crippen MR) is 96.0 cm³/mol. The topological polar surface area (TPSA) is 91.4 Å². The highest BCUT2D eigenvalue weighted by Gasteiger charge is 2.35. The third-order valence-electron chi connectivity index (χ3n) is 4.20. The highest BCUT2D eigenvalue weighted by molar-refractivity contribution is 6.00. The molecule has 26 heavy (non-hydrogen) atoms. The van der Waals surface area contributed by atoms with Crippen LogP contribution in [0.1, 0.15) is 12.0 Å². The Kier molecular flexibility index (Phi) is 5.58. The van der Waals surface area contributed by atoms with Crippen molar-refractivity contribution in [2.45, 2.75) is 13.0 Å². The Morgan fingerprint density at radius 1 is 1.12 bits per heavy atom. The zero-order valence-electron chi connectivity index (χ0n) is 14.2. The Morgan fingerprint density at radius 2 is 1.92 bits per heavy atom. The van der Waals surface area contributed by atoms with E-state index < -0.39 is 5.92 Å². The summed E-state index contributed by atoms with van der Waals surface area (Å²) in [6, 6.07) is 12.9. The van der Waals surface area contributed by atoms with E-state index in [2.05, 4.69) is 15.6 Å². The number of para-hydroxylation sites is 1. The zero-order valence-corrected chi connectivity index (χ0v) is 14.2. The first kappa shape index (κ1) is 17.6. The molecule has 0 saturated carbocycles. The van der Waals surface area contributed by atoms with Gasteiger partial charge in [-0.3, -0.25) is 19.4 Å². The average Bonchev–Trinajstić information content (AvgIpc) is 3.08. The van der Waals surface area contributed by atoms with Crippen LogP contribution >= 0.6 is 0 Å². The number of nitrogens with zero attached hydrogens (tertiary/aromatic N) is 2. The summed E-state index contributed by atoms with van der Waals surface area (Å²) in [7, 11) is 0. The fraction of sp³-hybridized carbons (Fsp3) is 0.263. The molecule has 1 aromatic heterocycles. The van der Waals surface area contributed by atoms with Crippen LogP contribution in [-0.2, 0) is 20.9 Å². The Bertz CT molecular complexity index is 780. The maximum absolute atomic E-state index is 12.3. The van der Waals surface area contributed by atoms with E-state index in [4.69, 9.17) is 0 Å². The summed E-state index contributed by atoms with van der Waals surface area (Å²) in [6.45, 7) is 0.563. The van der Waals surface area contributed by atoms with E-state index in [1.54, 1.807) is 23.4 Å². The molecule has 134 valence electrons. The van der Waals surface area contributed by atoms with Gasteiger partial charge in [0.1, 0.15) is 0 Å². The average molecular weight is 352 g/mol. The van der Waals surface area contributed by atoms with Gasteiger partial charge in [0.2, 0.25) is 17.7 Å². The van der Waals surface area contributed by atoms with Gasteiger partial charge < -0.3 is 15.5 Å². The van der Waals surface area contributed by atoms with Gasteiger partial charge >= 0.3 is 0 Å². The van der Waals surface area contributed by atoms with Crippen molar-refractivity contribution in [1.82, 2.24) is 15.6 Å². The summed E-state index contributed by atoms with van der Waals surface area (Å²) in [6.07, 6.45) is 3.48. The first-order valence-electron chi connectivity index (χ1n) is 8.42. The molecule has 1 aromatic carbocycles. The van der Waals surface area contributed by atoms with Gasteiger partial charge in [0.15, 0.2) is 0 Å². The molecule has 7 heteroatoms. The summed E-state index contributed by atoms with van der Waals surface area (Å²) in [4.78, 5) is 41.9. The normalized spacial score (nSPS) is 16.4. The SMILES string of the molecule is O=C(CNC(=O)[C@H]1CC(=O)N(c2ccccc2)C1)NCc1cccnc1. The molecule has 1 aliphatic rings. The summed E-state index contributed by atoms with van der Waals surface area (Å²) in [5.74, 6) is -1.11. The molecule has 0 unspecified atom stereocenters. The number of rotatable bonds is 6. The molecule has 1 saturated heterocycles. The molecule has 2 heterocycles. The fourth-order valence-corrected chi connectivity index (χ4v) is 2.82. The zero-order chi connectivity index (χ0) is 18.4. The minimum Gasteiger partial charge on any atom is -0.350 e. The summed E-state index contributed by atoms with van der Waals surface area (Å²) < 4.78 is 0. The molecular formula is C19H20N4O3. The summed E-state index contributed by atoms with van der Waals surface area (Å²) in [5, 5.41) is 5.33. The maximum Gasteiger partial charge on any atom is 0.239 e. The van der Waals surface area contributed by atoms with Gasteiger partial charge in [-0.15, -0.1) is 0 Å². The monoisotopic (exact) mass is 352 g/mol. The van der Waals surface area contributed by atoms with Crippen molar-refractivity contribution in [1.29, 1.82) is 0 Å². The molecule has 0 bridgehead atoms. The van der Waals surface area contributed by atoms with Crippen LogP contribution in [-0.4, -0.2) is 35.8 Å². The van der Waals surface area contributed by atoms with Crippen LogP contribution in [0.2, 0.25) is 0 Å². The van der Waals surface area contributed by atoms with E-state index in [1.807, 2.05) is 36.4 Å². The number of carbonyl (C=O) groups is 3.